The van der Waals surface area contributed by atoms with Gasteiger partial charge in [0.05, 0.1) is 12.0 Å². The number of likely N-dealkylation sites (N-methyl/N-ethyl adjacent to an activating group) is 1. The van der Waals surface area contributed by atoms with Gasteiger partial charge in [-0.2, -0.15) is 0 Å². The molecule has 0 radical (unpaired) electrons. The molecule has 0 spiro atoms. The predicted molar refractivity (Wildman–Crippen MR) is 86.9 cm³/mol. The van der Waals surface area contributed by atoms with Crippen LogP contribution in [0, 0.1) is 0 Å². The number of thiocarbonyl (C=S) groups is 1. The Labute approximate surface area is 129 Å². The predicted octanol–water partition coefficient (Wildman–Crippen LogP) is 2.86. The lowest BCUT2D eigenvalue weighted by molar-refractivity contribution is -0.123. The second kappa shape index (κ2) is 5.66. The molecule has 3 nitrogen and oxygen atoms in total. The molecule has 4 heteroatoms. The van der Waals surface area contributed by atoms with E-state index in [1.54, 1.807) is 0 Å². The van der Waals surface area contributed by atoms with Crippen LogP contribution in [-0.4, -0.2) is 23.0 Å². The van der Waals surface area contributed by atoms with Crippen LogP contribution < -0.4 is 5.32 Å². The number of amides is 1. The van der Waals surface area contributed by atoms with E-state index in [1.807, 2.05) is 72.6 Å². The fourth-order valence-electron chi connectivity index (χ4n) is 2.82. The summed E-state index contributed by atoms with van der Waals surface area (Å²) in [5.41, 5.74) is 2.09. The Kier molecular flexibility index (Phi) is 3.71. The van der Waals surface area contributed by atoms with E-state index in [1.165, 1.54) is 0 Å². The first-order chi connectivity index (χ1) is 10.2. The number of nitrogens with zero attached hydrogens (tertiary/aromatic N) is 1. The smallest absolute Gasteiger partial charge is 0.236 e. The van der Waals surface area contributed by atoms with E-state index in [-0.39, 0.29) is 17.9 Å². The van der Waals surface area contributed by atoms with Gasteiger partial charge in [-0.1, -0.05) is 60.7 Å². The number of carbonyl (C=O) groups excluding carboxylic acids is 1. The van der Waals surface area contributed by atoms with Crippen LogP contribution in [0.4, 0.5) is 0 Å². The summed E-state index contributed by atoms with van der Waals surface area (Å²) in [5, 5.41) is 3.27. The highest BCUT2D eigenvalue weighted by Crippen LogP contribution is 2.37. The maximum atomic E-state index is 12.5. The van der Waals surface area contributed by atoms with E-state index in [0.717, 1.165) is 11.1 Å². The second-order valence-electron chi connectivity index (χ2n) is 5.15. The number of carbonyl (C=O) groups is 1. The largest absolute Gasteiger partial charge is 0.344 e. The van der Waals surface area contributed by atoms with Gasteiger partial charge in [0.2, 0.25) is 5.91 Å². The summed E-state index contributed by atoms with van der Waals surface area (Å²) in [6, 6.07) is 19.8. The Morgan fingerprint density at radius 2 is 1.48 bits per heavy atom. The average Bonchev–Trinajstić information content (AvgIpc) is 2.52. The summed E-state index contributed by atoms with van der Waals surface area (Å²) >= 11 is 5.28. The van der Waals surface area contributed by atoms with Crippen LogP contribution >= 0.6 is 12.2 Å². The Bertz CT molecular complexity index is 657. The van der Waals surface area contributed by atoms with Gasteiger partial charge in [-0.3, -0.25) is 4.79 Å². The molecule has 21 heavy (non-hydrogen) atoms. The lowest BCUT2D eigenvalue weighted by Crippen LogP contribution is -2.53. The third kappa shape index (κ3) is 2.54. The summed E-state index contributed by atoms with van der Waals surface area (Å²) < 4.78 is 0. The van der Waals surface area contributed by atoms with Crippen LogP contribution in [-0.2, 0) is 4.79 Å². The minimum Gasteiger partial charge on any atom is -0.344 e. The molecule has 1 aliphatic rings. The zero-order valence-electron chi connectivity index (χ0n) is 11.7. The van der Waals surface area contributed by atoms with Crippen molar-refractivity contribution in [3.8, 4) is 0 Å². The molecule has 1 amide bonds. The van der Waals surface area contributed by atoms with Gasteiger partial charge in [0.1, 0.15) is 0 Å². The topological polar surface area (TPSA) is 32.3 Å². The van der Waals surface area contributed by atoms with Crippen LogP contribution in [0.3, 0.4) is 0 Å². The average molecular weight is 296 g/mol. The standard InChI is InChI=1S/C17H16N2OS/c1-19-15(13-10-6-3-7-11-13)14(16(20)18-17(19)21)12-8-4-2-5-9-12/h2-11,14-15H,1H3,(H,18,20,21)/t14-,15-/m0/s1. The van der Waals surface area contributed by atoms with E-state index in [9.17, 15) is 4.79 Å². The molecule has 2 atom stereocenters. The van der Waals surface area contributed by atoms with Crippen LogP contribution in [0.2, 0.25) is 0 Å². The quantitative estimate of drug-likeness (QED) is 0.865. The monoisotopic (exact) mass is 296 g/mol. The minimum absolute atomic E-state index is 0.0434. The maximum absolute atomic E-state index is 12.5. The van der Waals surface area contributed by atoms with Crippen molar-refractivity contribution in [2.45, 2.75) is 12.0 Å². The highest BCUT2D eigenvalue weighted by molar-refractivity contribution is 7.80. The number of hydrogen-bond acceptors (Lipinski definition) is 2. The second-order valence-corrected chi connectivity index (χ2v) is 5.54. The fourth-order valence-corrected chi connectivity index (χ4v) is 3.04. The van der Waals surface area contributed by atoms with Crippen LogP contribution in [0.5, 0.6) is 0 Å². The molecule has 3 rings (SSSR count). The molecular formula is C17H16N2OS. The number of benzene rings is 2. The summed E-state index contributed by atoms with van der Waals surface area (Å²) in [4.78, 5) is 14.5. The van der Waals surface area contributed by atoms with Crippen LogP contribution in [0.15, 0.2) is 60.7 Å². The van der Waals surface area contributed by atoms with Crippen molar-refractivity contribution in [3.05, 3.63) is 71.8 Å². The van der Waals surface area contributed by atoms with Gasteiger partial charge in [-0.15, -0.1) is 0 Å². The Hall–Kier alpha value is -2.20. The van der Waals surface area contributed by atoms with E-state index >= 15 is 0 Å². The van der Waals surface area contributed by atoms with Crippen molar-refractivity contribution in [3.63, 3.8) is 0 Å². The Balaban J connectivity index is 2.09. The van der Waals surface area contributed by atoms with Gasteiger partial charge in [-0.05, 0) is 23.3 Å². The van der Waals surface area contributed by atoms with Crippen LogP contribution in [0.1, 0.15) is 23.1 Å². The Morgan fingerprint density at radius 3 is 2.05 bits per heavy atom. The first-order valence-electron chi connectivity index (χ1n) is 6.86. The number of rotatable bonds is 2. The van der Waals surface area contributed by atoms with Gasteiger partial charge in [0.25, 0.3) is 0 Å². The van der Waals surface area contributed by atoms with Gasteiger partial charge >= 0.3 is 0 Å². The van der Waals surface area contributed by atoms with Crippen molar-refractivity contribution >= 4 is 23.2 Å². The van der Waals surface area contributed by atoms with E-state index < -0.39 is 0 Å². The molecule has 106 valence electrons. The number of hydrogen-bond donors (Lipinski definition) is 1. The maximum Gasteiger partial charge on any atom is 0.236 e. The first-order valence-corrected chi connectivity index (χ1v) is 7.27. The molecule has 0 aromatic heterocycles. The van der Waals surface area contributed by atoms with Gasteiger partial charge < -0.3 is 10.2 Å². The summed E-state index contributed by atoms with van der Waals surface area (Å²) in [6.45, 7) is 0. The molecule has 2 aromatic rings. The molecule has 1 fully saturated rings. The number of nitrogens with one attached hydrogen (secondary N) is 1. The van der Waals surface area contributed by atoms with E-state index in [2.05, 4.69) is 5.32 Å². The van der Waals surface area contributed by atoms with Crippen molar-refractivity contribution in [1.82, 2.24) is 10.2 Å². The van der Waals surface area contributed by atoms with E-state index in [4.69, 9.17) is 12.2 Å². The molecular weight excluding hydrogens is 280 g/mol. The van der Waals surface area contributed by atoms with Gasteiger partial charge in [0.15, 0.2) is 5.11 Å². The molecule has 1 saturated heterocycles. The molecule has 1 aliphatic heterocycles. The molecule has 0 saturated carbocycles. The molecule has 0 bridgehead atoms. The SMILES string of the molecule is CN1C(=S)NC(=O)[C@@H](c2ccccc2)[C@@H]1c1ccccc1. The highest BCUT2D eigenvalue weighted by Gasteiger charge is 2.39. The summed E-state index contributed by atoms with van der Waals surface area (Å²) in [7, 11) is 1.93. The zero-order chi connectivity index (χ0) is 14.8. The van der Waals surface area contributed by atoms with E-state index in [0.29, 0.717) is 5.11 Å². The summed E-state index contributed by atoms with van der Waals surface area (Å²) in [6.07, 6.45) is 0. The van der Waals surface area contributed by atoms with Crippen LogP contribution in [0.25, 0.3) is 0 Å². The Morgan fingerprint density at radius 1 is 0.952 bits per heavy atom. The normalized spacial score (nSPS) is 22.0. The minimum atomic E-state index is -0.273. The van der Waals surface area contributed by atoms with Crippen molar-refractivity contribution in [2.24, 2.45) is 0 Å². The van der Waals surface area contributed by atoms with Crippen molar-refractivity contribution in [1.29, 1.82) is 0 Å². The third-order valence-electron chi connectivity index (χ3n) is 3.87. The van der Waals surface area contributed by atoms with Gasteiger partial charge in [0, 0.05) is 7.05 Å². The lowest BCUT2D eigenvalue weighted by atomic mass is 9.84. The van der Waals surface area contributed by atoms with Gasteiger partial charge in [-0.25, -0.2) is 0 Å². The fraction of sp³-hybridized carbons (Fsp3) is 0.176. The molecule has 0 aliphatic carbocycles. The molecule has 0 unspecified atom stereocenters. The highest BCUT2D eigenvalue weighted by atomic mass is 32.1. The van der Waals surface area contributed by atoms with Crippen molar-refractivity contribution in [2.75, 3.05) is 7.05 Å². The molecule has 2 aromatic carbocycles. The van der Waals surface area contributed by atoms with Crippen molar-refractivity contribution < 1.29 is 4.79 Å². The molecule has 1 heterocycles. The lowest BCUT2D eigenvalue weighted by Gasteiger charge is -2.40. The first kappa shape index (κ1) is 13.8. The third-order valence-corrected chi connectivity index (χ3v) is 4.26. The summed E-state index contributed by atoms with van der Waals surface area (Å²) in [5.74, 6) is -0.316. The zero-order valence-corrected chi connectivity index (χ0v) is 12.5. The molecule has 1 N–H and O–H groups in total.